The van der Waals surface area contributed by atoms with Gasteiger partial charge in [0.1, 0.15) is 0 Å². The zero-order valence-corrected chi connectivity index (χ0v) is 14.2. The molecular formula is C16H21N3O3V. The number of nitrogens with one attached hydrogen (secondary N) is 2. The van der Waals surface area contributed by atoms with Crippen molar-refractivity contribution in [1.29, 1.82) is 0 Å². The van der Waals surface area contributed by atoms with E-state index in [-0.39, 0.29) is 20.7 Å². The second kappa shape index (κ2) is 5.19. The predicted octanol–water partition coefficient (Wildman–Crippen LogP) is 1.02. The summed E-state index contributed by atoms with van der Waals surface area (Å²) in [5.41, 5.74) is 1.53. The largest absolute Gasteiger partial charge is 0 e. The van der Waals surface area contributed by atoms with Gasteiger partial charge in [-0.2, -0.15) is 0 Å². The minimum absolute atomic E-state index is 0. The van der Waals surface area contributed by atoms with Gasteiger partial charge in [-0.3, -0.25) is 0 Å². The van der Waals surface area contributed by atoms with Crippen LogP contribution >= 0.6 is 0 Å². The van der Waals surface area contributed by atoms with E-state index in [1.807, 2.05) is 12.1 Å². The molecule has 2 fully saturated rings. The van der Waals surface area contributed by atoms with E-state index in [4.69, 9.17) is 4.74 Å². The van der Waals surface area contributed by atoms with Crippen LogP contribution in [0.3, 0.4) is 0 Å². The number of amides is 3. The molecule has 1 saturated carbocycles. The number of rotatable bonds is 4. The Bertz CT molecular complexity index is 741. The summed E-state index contributed by atoms with van der Waals surface area (Å²) < 4.78 is 6.35. The molecule has 1 aromatic carbocycles. The number of ether oxygens (including phenoxy) is 1. The number of methoxy groups -OCH3 is 1. The van der Waals surface area contributed by atoms with Crippen LogP contribution in [0, 0.1) is 5.92 Å². The quantitative estimate of drug-likeness (QED) is 0.792. The van der Waals surface area contributed by atoms with Gasteiger partial charge in [0.15, 0.2) is 0 Å². The van der Waals surface area contributed by atoms with Crippen LogP contribution in [-0.2, 0) is 28.3 Å². The fourth-order valence-electron chi connectivity index (χ4n) is 3.52. The molecule has 7 heteroatoms. The molecular weight excluding hydrogens is 333 g/mol. The Labute approximate surface area is 146 Å². The van der Waals surface area contributed by atoms with Crippen molar-refractivity contribution in [3.63, 3.8) is 0 Å². The summed E-state index contributed by atoms with van der Waals surface area (Å²) in [5, 5.41) is 5.30. The minimum Gasteiger partial charge on any atom is 0 e. The van der Waals surface area contributed by atoms with Crippen molar-refractivity contribution in [2.45, 2.75) is 24.9 Å². The van der Waals surface area contributed by atoms with Crippen molar-refractivity contribution in [3.05, 3.63) is 29.3 Å². The third-order valence-electron chi connectivity index (χ3n) is 4.90. The van der Waals surface area contributed by atoms with Gasteiger partial charge in [-0.05, 0) is 0 Å². The first kappa shape index (κ1) is 14.9. The van der Waals surface area contributed by atoms with Gasteiger partial charge >= 0.3 is 143 Å². The van der Waals surface area contributed by atoms with E-state index in [1.165, 1.54) is 5.56 Å². The van der Waals surface area contributed by atoms with E-state index in [2.05, 4.69) is 38.6 Å². The van der Waals surface area contributed by atoms with E-state index in [0.29, 0.717) is 6.54 Å². The Balaban J connectivity index is 0.00000113. The average molecular weight is 354 g/mol. The number of carbonyl (C=O) groups is 2. The summed E-state index contributed by atoms with van der Waals surface area (Å²) in [7, 11) is 1.65. The Morgan fingerprint density at radius 2 is 2.22 bits per heavy atom. The molecule has 1 aromatic rings. The van der Waals surface area contributed by atoms with Gasteiger partial charge in [0.25, 0.3) is 0 Å². The number of benzene rings is 1. The van der Waals surface area contributed by atoms with Gasteiger partial charge in [0.2, 0.25) is 0 Å². The van der Waals surface area contributed by atoms with Crippen LogP contribution in [0.25, 0.3) is 0 Å². The summed E-state index contributed by atoms with van der Waals surface area (Å²) >= 11 is 2.59. The summed E-state index contributed by atoms with van der Waals surface area (Å²) in [6, 6.07) is 5.63. The zero-order chi connectivity index (χ0) is 16.2. The molecule has 0 bridgehead atoms. The molecule has 1 unspecified atom stereocenters. The summed E-state index contributed by atoms with van der Waals surface area (Å²) in [6.07, 6.45) is 1.96. The molecule has 2 heterocycles. The molecule has 0 aromatic heterocycles. The van der Waals surface area contributed by atoms with Gasteiger partial charge in [0, 0.05) is 2.85 Å². The van der Waals surface area contributed by atoms with Gasteiger partial charge < -0.3 is 0 Å². The number of carbonyl (C=O) groups excluding carboxylic acids is 2. The third kappa shape index (κ3) is 2.33. The number of hydrogen-bond donors (Lipinski definition) is 2. The number of hydrogen-bond acceptors (Lipinski definition) is 4. The maximum atomic E-state index is 12.4. The Kier molecular flexibility index (Phi) is 3.37. The van der Waals surface area contributed by atoms with E-state index in [0.717, 1.165) is 35.0 Å². The van der Waals surface area contributed by atoms with Crippen LogP contribution in [-0.4, -0.2) is 40.4 Å². The molecule has 0 spiro atoms. The monoisotopic (exact) mass is 354 g/mol. The van der Waals surface area contributed by atoms with Crippen LogP contribution in [0.1, 0.15) is 26.8 Å². The number of nitrogens with zero attached hydrogens (tertiary/aromatic N) is 1. The van der Waals surface area contributed by atoms with Gasteiger partial charge in [-0.15, -0.1) is 0 Å². The Hall–Kier alpha value is -1.63. The van der Waals surface area contributed by atoms with Gasteiger partial charge in [-0.1, -0.05) is 0 Å². The maximum Gasteiger partial charge on any atom is 0 e. The molecule has 3 amide bonds. The molecule has 6 nitrogen and oxygen atoms in total. The van der Waals surface area contributed by atoms with E-state index in [1.54, 1.807) is 7.11 Å². The third-order valence-corrected chi connectivity index (χ3v) is 5.72. The average Bonchev–Trinajstić information content (AvgIpc) is 3.28. The van der Waals surface area contributed by atoms with Crippen LogP contribution in [0.2, 0.25) is 0 Å². The molecule has 2 aliphatic heterocycles. The summed E-state index contributed by atoms with van der Waals surface area (Å²) in [4.78, 5) is 26.2. The Morgan fingerprint density at radius 1 is 1.43 bits per heavy atom. The molecule has 0 radical (unpaired) electrons. The van der Waals surface area contributed by atoms with Crippen molar-refractivity contribution < 1.29 is 34.2 Å². The zero-order valence-electron chi connectivity index (χ0n) is 12.8. The Morgan fingerprint density at radius 3 is 2.83 bits per heavy atom. The second-order valence-corrected chi connectivity index (χ2v) is 7.02. The molecule has 4 rings (SSSR count). The van der Waals surface area contributed by atoms with Crippen LogP contribution < -0.4 is 15.4 Å². The topological polar surface area (TPSA) is 70.7 Å². The van der Waals surface area contributed by atoms with Crippen molar-refractivity contribution in [2.75, 3.05) is 13.7 Å². The second-order valence-electron chi connectivity index (χ2n) is 6.36. The molecule has 23 heavy (non-hydrogen) atoms. The smallest absolute Gasteiger partial charge is 0 e. The van der Waals surface area contributed by atoms with Crippen molar-refractivity contribution in [2.24, 2.45) is 5.92 Å². The standard InChI is InChI=1S/C16H17N3O3.V.2H2/c1-22-13-5-2-10-7-19(8-11(10)6-13)9-16(12-3-4-12)14(20)17-15(21)18-16;;;/h2,5-6,12H,3-4,7,9H2,1H3,(H2,17,18,20,21);;2*1H. The summed E-state index contributed by atoms with van der Waals surface area (Å²) in [6.45, 7) is 1.23. The fourth-order valence-corrected chi connectivity index (χ4v) is 4.07. The first-order valence-electron chi connectivity index (χ1n) is 7.65. The first-order valence-corrected chi connectivity index (χ1v) is 8.35. The molecule has 1 atom stereocenters. The molecule has 2 N–H and O–H groups in total. The van der Waals surface area contributed by atoms with Crippen molar-refractivity contribution >= 4 is 16.3 Å². The van der Waals surface area contributed by atoms with Crippen LogP contribution in [0.5, 0.6) is 5.75 Å². The molecule has 1 saturated heterocycles. The number of imide groups is 1. The van der Waals surface area contributed by atoms with E-state index < -0.39 is 5.54 Å². The van der Waals surface area contributed by atoms with Crippen molar-refractivity contribution in [1.82, 2.24) is 15.5 Å². The summed E-state index contributed by atoms with van der Waals surface area (Å²) in [5.74, 6) is 0.851. The van der Waals surface area contributed by atoms with E-state index >= 15 is 0 Å². The van der Waals surface area contributed by atoms with Crippen molar-refractivity contribution in [3.8, 4) is 5.75 Å². The molecule has 3 aliphatic rings. The van der Waals surface area contributed by atoms with Crippen LogP contribution in [0.4, 0.5) is 4.79 Å². The predicted molar refractivity (Wildman–Crippen MR) is 83.9 cm³/mol. The normalized spacial score (nSPS) is 26.9. The number of urea groups is 1. The van der Waals surface area contributed by atoms with Gasteiger partial charge in [-0.25, -0.2) is 0 Å². The van der Waals surface area contributed by atoms with Gasteiger partial charge in [0.05, 0.1) is 0 Å². The molecule has 123 valence electrons. The number of fused-ring (bicyclic) bond motifs is 1. The SMILES string of the molecule is COc1ccc2c(c1)[C](=[V])N(CC1(C3CC3)NC(=O)NC1=O)C2.[HH].[HH]. The fraction of sp³-hybridized carbons (Fsp3) is 0.438. The van der Waals surface area contributed by atoms with Crippen LogP contribution in [0.15, 0.2) is 18.2 Å². The molecule has 1 aliphatic carbocycles. The maximum absolute atomic E-state index is 12.4. The first-order chi connectivity index (χ1) is 11.0. The minimum atomic E-state index is -0.797. The van der Waals surface area contributed by atoms with E-state index in [9.17, 15) is 9.59 Å².